The molecule has 3 heteroatoms. The predicted octanol–water partition coefficient (Wildman–Crippen LogP) is 4.34. The van der Waals surface area contributed by atoms with Crippen LogP contribution in [-0.4, -0.2) is 4.98 Å². The number of nitrogens with zero attached hydrogens (tertiary/aromatic N) is 2. The smallest absolute Gasteiger partial charge is 0.227 e. The molecule has 3 aromatic heterocycles. The normalized spacial score (nSPS) is 12.0. The van der Waals surface area contributed by atoms with E-state index in [2.05, 4.69) is 60.9 Å². The maximum atomic E-state index is 7.71. The molecule has 0 aliphatic heterocycles. The molecule has 0 atom stereocenters. The number of pyridine rings is 2. The van der Waals surface area contributed by atoms with Crippen LogP contribution >= 0.6 is 0 Å². The van der Waals surface area contributed by atoms with E-state index in [0.717, 1.165) is 39.6 Å². The Hall–Kier alpha value is -2.68. The van der Waals surface area contributed by atoms with Crippen LogP contribution in [0.15, 0.2) is 53.2 Å². The summed E-state index contributed by atoms with van der Waals surface area (Å²) in [5, 5.41) is 1.99. The summed E-state index contributed by atoms with van der Waals surface area (Å²) in [6.45, 7) is 4.25. The van der Waals surface area contributed by atoms with Gasteiger partial charge in [0, 0.05) is 28.6 Å². The summed E-state index contributed by atoms with van der Waals surface area (Å²) in [5.41, 5.74) is 6.02. The van der Waals surface area contributed by atoms with Crippen LogP contribution in [0.25, 0.3) is 33.3 Å². The van der Waals surface area contributed by atoms with Gasteiger partial charge in [0.15, 0.2) is 11.8 Å². The summed E-state index contributed by atoms with van der Waals surface area (Å²) in [6, 6.07) is 12.1. The Labute approximate surface area is 136 Å². The Morgan fingerprint density at radius 2 is 2.04 bits per heavy atom. The molecule has 23 heavy (non-hydrogen) atoms. The van der Waals surface area contributed by atoms with E-state index in [4.69, 9.17) is 5.79 Å². The third-order valence-electron chi connectivity index (χ3n) is 4.44. The van der Waals surface area contributed by atoms with E-state index >= 15 is 0 Å². The Morgan fingerprint density at radius 1 is 1.17 bits per heavy atom. The lowest BCUT2D eigenvalue weighted by Gasteiger charge is -2.06. The number of hydrogen-bond acceptors (Lipinski definition) is 2. The van der Waals surface area contributed by atoms with Crippen LogP contribution in [0, 0.1) is 6.92 Å². The topological polar surface area (TPSA) is 29.9 Å². The van der Waals surface area contributed by atoms with Gasteiger partial charge in [-0.25, -0.2) is 9.55 Å². The first-order valence-electron chi connectivity index (χ1n) is 8.37. The van der Waals surface area contributed by atoms with Gasteiger partial charge in [-0.2, -0.15) is 0 Å². The maximum Gasteiger partial charge on any atom is 0.227 e. The molecule has 3 nitrogen and oxygen atoms in total. The lowest BCUT2D eigenvalue weighted by molar-refractivity contribution is -0.660. The van der Waals surface area contributed by atoms with E-state index in [-0.39, 0.29) is 6.17 Å². The van der Waals surface area contributed by atoms with Gasteiger partial charge in [0.2, 0.25) is 11.4 Å². The second kappa shape index (κ2) is 5.20. The number of benzene rings is 1. The van der Waals surface area contributed by atoms with E-state index in [1.165, 1.54) is 5.56 Å². The van der Waals surface area contributed by atoms with Gasteiger partial charge in [-0.05, 0) is 37.1 Å². The Morgan fingerprint density at radius 3 is 2.83 bits per heavy atom. The number of rotatable bonds is 2. The Bertz CT molecular complexity index is 1080. The summed E-state index contributed by atoms with van der Waals surface area (Å²) >= 11 is 0. The zero-order valence-electron chi connectivity index (χ0n) is 14.6. The van der Waals surface area contributed by atoms with Crippen molar-refractivity contribution in [1.82, 2.24) is 4.98 Å². The fraction of sp³-hybridized carbons (Fsp3) is 0.200. The number of fused-ring (bicyclic) bond motifs is 3. The maximum absolute atomic E-state index is 7.71. The van der Waals surface area contributed by atoms with Crippen LogP contribution in [0.4, 0.5) is 0 Å². The second-order valence-corrected chi connectivity index (χ2v) is 5.92. The van der Waals surface area contributed by atoms with Crippen molar-refractivity contribution in [2.24, 2.45) is 7.05 Å². The fourth-order valence-corrected chi connectivity index (χ4v) is 3.18. The Kier molecular flexibility index (Phi) is 2.90. The van der Waals surface area contributed by atoms with Crippen LogP contribution in [0.2, 0.25) is 0 Å². The molecule has 4 rings (SSSR count). The minimum absolute atomic E-state index is 0.220. The molecule has 0 spiro atoms. The molecule has 0 saturated heterocycles. The summed E-state index contributed by atoms with van der Waals surface area (Å²) < 4.78 is 15.9. The average molecular weight is 304 g/mol. The molecule has 0 saturated carbocycles. The Balaban J connectivity index is 2.07. The average Bonchev–Trinajstić information content (AvgIpc) is 2.92. The van der Waals surface area contributed by atoms with Crippen molar-refractivity contribution in [2.45, 2.75) is 20.3 Å². The van der Waals surface area contributed by atoms with Crippen molar-refractivity contribution in [3.05, 3.63) is 59.9 Å². The number of hydrogen-bond donors (Lipinski definition) is 0. The SMILES string of the molecule is [2H]c1ccc2c(n1)oc1c(-c3ccc(CC)c[n+]3C)c(C)ccc12. The third kappa shape index (κ3) is 2.12. The number of furan rings is 1. The van der Waals surface area contributed by atoms with Gasteiger partial charge in [0.25, 0.3) is 0 Å². The number of aryl methyl sites for hydroxylation is 3. The second-order valence-electron chi connectivity index (χ2n) is 5.92. The summed E-state index contributed by atoms with van der Waals surface area (Å²) in [6.07, 6.45) is 3.40. The van der Waals surface area contributed by atoms with E-state index in [9.17, 15) is 0 Å². The highest BCUT2D eigenvalue weighted by atomic mass is 16.3. The molecule has 3 heterocycles. The molecular weight excluding hydrogens is 284 g/mol. The molecule has 114 valence electrons. The van der Waals surface area contributed by atoms with Crippen molar-refractivity contribution in [1.29, 1.82) is 0 Å². The van der Waals surface area contributed by atoms with Crippen LogP contribution in [0.5, 0.6) is 0 Å². The van der Waals surface area contributed by atoms with Crippen LogP contribution in [0.3, 0.4) is 0 Å². The summed E-state index contributed by atoms with van der Waals surface area (Å²) in [5.74, 6) is 0. The van der Waals surface area contributed by atoms with Crippen molar-refractivity contribution >= 4 is 22.1 Å². The van der Waals surface area contributed by atoms with Gasteiger partial charge >= 0.3 is 0 Å². The van der Waals surface area contributed by atoms with E-state index in [1.807, 2.05) is 6.07 Å². The standard InChI is InChI=1S/C20H19N2O/c1-4-14-8-10-17(22(3)12-14)18-13(2)7-9-15-16-6-5-11-21-20(16)23-19(15)18/h5-12H,4H2,1-3H3/q+1/i11D. The zero-order chi connectivity index (χ0) is 16.8. The third-order valence-corrected chi connectivity index (χ3v) is 4.44. The quantitative estimate of drug-likeness (QED) is 0.516. The molecule has 0 aliphatic carbocycles. The van der Waals surface area contributed by atoms with Crippen molar-refractivity contribution < 1.29 is 10.4 Å². The molecule has 0 radical (unpaired) electrons. The fourth-order valence-electron chi connectivity index (χ4n) is 3.18. The highest BCUT2D eigenvalue weighted by Gasteiger charge is 2.20. The van der Waals surface area contributed by atoms with E-state index in [0.29, 0.717) is 5.71 Å². The van der Waals surface area contributed by atoms with Crippen molar-refractivity contribution in [2.75, 3.05) is 0 Å². The molecule has 0 N–H and O–H groups in total. The summed E-state index contributed by atoms with van der Waals surface area (Å²) in [7, 11) is 2.07. The van der Waals surface area contributed by atoms with Gasteiger partial charge in [-0.15, -0.1) is 0 Å². The molecule has 1 aromatic carbocycles. The minimum atomic E-state index is 0.220. The minimum Gasteiger partial charge on any atom is -0.437 e. The largest absolute Gasteiger partial charge is 0.437 e. The first-order valence-corrected chi connectivity index (χ1v) is 7.87. The molecule has 0 unspecified atom stereocenters. The highest BCUT2D eigenvalue weighted by molar-refractivity contribution is 6.08. The molecule has 0 bridgehead atoms. The molecule has 0 amide bonds. The van der Waals surface area contributed by atoms with Gasteiger partial charge in [0.05, 0.1) is 6.93 Å². The monoisotopic (exact) mass is 304 g/mol. The molecule has 0 aliphatic rings. The van der Waals surface area contributed by atoms with Crippen LogP contribution in [0.1, 0.15) is 19.4 Å². The molecular formula is C20H19N2O+. The first-order chi connectivity index (χ1) is 11.6. The van der Waals surface area contributed by atoms with Gasteiger partial charge in [-0.1, -0.05) is 19.1 Å². The zero-order valence-corrected chi connectivity index (χ0v) is 13.6. The van der Waals surface area contributed by atoms with E-state index in [1.54, 1.807) is 6.07 Å². The van der Waals surface area contributed by atoms with Crippen molar-refractivity contribution in [3.63, 3.8) is 0 Å². The number of aromatic nitrogens is 2. The van der Waals surface area contributed by atoms with E-state index < -0.39 is 0 Å². The van der Waals surface area contributed by atoms with Crippen LogP contribution in [-0.2, 0) is 13.5 Å². The van der Waals surface area contributed by atoms with Crippen molar-refractivity contribution in [3.8, 4) is 11.3 Å². The van der Waals surface area contributed by atoms with Gasteiger partial charge in [-0.3, -0.25) is 0 Å². The van der Waals surface area contributed by atoms with Gasteiger partial charge in [0.1, 0.15) is 7.05 Å². The molecule has 0 fully saturated rings. The lowest BCUT2D eigenvalue weighted by Crippen LogP contribution is -2.31. The van der Waals surface area contributed by atoms with Gasteiger partial charge < -0.3 is 4.42 Å². The first kappa shape index (κ1) is 12.8. The summed E-state index contributed by atoms with van der Waals surface area (Å²) in [4.78, 5) is 4.22. The lowest BCUT2D eigenvalue weighted by atomic mass is 10.0. The molecule has 4 aromatic rings. The van der Waals surface area contributed by atoms with Crippen LogP contribution < -0.4 is 4.57 Å². The predicted molar refractivity (Wildman–Crippen MR) is 92.2 cm³/mol. The highest BCUT2D eigenvalue weighted by Crippen LogP contribution is 2.35.